The minimum Gasteiger partial charge on any atom is -0.396 e. The van der Waals surface area contributed by atoms with Crippen molar-refractivity contribution >= 4 is 0 Å². The van der Waals surface area contributed by atoms with E-state index >= 15 is 0 Å². The maximum Gasteiger partial charge on any atom is 0.0541 e. The number of aliphatic hydroxyl groups is 1. The molecule has 0 radical (unpaired) electrons. The monoisotopic (exact) mass is 236 g/mol. The van der Waals surface area contributed by atoms with Crippen LogP contribution in [0.5, 0.6) is 0 Å². The third-order valence-corrected chi connectivity index (χ3v) is 2.91. The van der Waals surface area contributed by atoms with Crippen LogP contribution in [0.3, 0.4) is 0 Å². The van der Waals surface area contributed by atoms with E-state index in [2.05, 4.69) is 36.3 Å². The molecule has 0 atom stereocenters. The number of aromatic nitrogens is 1. The Labute approximate surface area is 104 Å². The fourth-order valence-corrected chi connectivity index (χ4v) is 1.59. The number of nitrogens with one attached hydrogen (secondary N) is 1. The quantitative estimate of drug-likeness (QED) is 0.714. The molecule has 0 bridgehead atoms. The molecule has 0 fully saturated rings. The van der Waals surface area contributed by atoms with Gasteiger partial charge in [-0.15, -0.1) is 0 Å². The van der Waals surface area contributed by atoms with E-state index < -0.39 is 0 Å². The van der Waals surface area contributed by atoms with E-state index in [9.17, 15) is 0 Å². The van der Waals surface area contributed by atoms with E-state index in [1.54, 1.807) is 0 Å². The van der Waals surface area contributed by atoms with Crippen molar-refractivity contribution in [3.05, 3.63) is 29.6 Å². The van der Waals surface area contributed by atoms with E-state index in [1.165, 1.54) is 5.56 Å². The summed E-state index contributed by atoms with van der Waals surface area (Å²) in [5, 5.41) is 12.5. The van der Waals surface area contributed by atoms with Gasteiger partial charge in [0.2, 0.25) is 0 Å². The lowest BCUT2D eigenvalue weighted by Crippen LogP contribution is -2.21. The maximum absolute atomic E-state index is 9.12. The Morgan fingerprint density at radius 3 is 2.71 bits per heavy atom. The third kappa shape index (κ3) is 5.80. The lowest BCUT2D eigenvalue weighted by molar-refractivity contribution is 0.148. The fourth-order valence-electron chi connectivity index (χ4n) is 1.59. The van der Waals surface area contributed by atoms with Crippen LogP contribution in [0, 0.1) is 12.3 Å². The average Bonchev–Trinajstić information content (AvgIpc) is 2.31. The first-order chi connectivity index (χ1) is 8.03. The van der Waals surface area contributed by atoms with E-state index in [0.29, 0.717) is 0 Å². The summed E-state index contributed by atoms with van der Waals surface area (Å²) < 4.78 is 0. The minimum atomic E-state index is 0.0454. The van der Waals surface area contributed by atoms with Crippen molar-refractivity contribution in [3.8, 4) is 0 Å². The lowest BCUT2D eigenvalue weighted by atomic mass is 9.89. The van der Waals surface area contributed by atoms with Gasteiger partial charge in [-0.25, -0.2) is 0 Å². The Balaban J connectivity index is 2.14. The summed E-state index contributed by atoms with van der Waals surface area (Å²) >= 11 is 0. The molecule has 3 heteroatoms. The number of aryl methyl sites for hydroxylation is 1. The molecule has 1 rings (SSSR count). The number of hydrogen-bond donors (Lipinski definition) is 2. The molecular formula is C14H24N2O. The molecule has 0 aliphatic heterocycles. The highest BCUT2D eigenvalue weighted by molar-refractivity contribution is 5.11. The molecule has 3 nitrogen and oxygen atoms in total. The van der Waals surface area contributed by atoms with Gasteiger partial charge in [0, 0.05) is 19.3 Å². The number of nitrogens with zero attached hydrogens (tertiary/aromatic N) is 1. The van der Waals surface area contributed by atoms with Crippen LogP contribution in [-0.4, -0.2) is 23.2 Å². The Bertz CT molecular complexity index is 319. The predicted molar refractivity (Wildman–Crippen MR) is 70.8 cm³/mol. The Hall–Kier alpha value is -0.930. The van der Waals surface area contributed by atoms with E-state index in [1.807, 2.05) is 13.1 Å². The number of rotatable bonds is 7. The zero-order chi connectivity index (χ0) is 12.7. The van der Waals surface area contributed by atoms with Crippen LogP contribution < -0.4 is 5.32 Å². The van der Waals surface area contributed by atoms with Gasteiger partial charge in [0.1, 0.15) is 0 Å². The number of pyridine rings is 1. The Kier molecular flexibility index (Phi) is 5.59. The van der Waals surface area contributed by atoms with E-state index in [-0.39, 0.29) is 12.0 Å². The fraction of sp³-hybridized carbons (Fsp3) is 0.643. The predicted octanol–water partition coefficient (Wildman–Crippen LogP) is 2.28. The molecular weight excluding hydrogens is 212 g/mol. The van der Waals surface area contributed by atoms with Crippen LogP contribution in [0.15, 0.2) is 18.3 Å². The smallest absolute Gasteiger partial charge is 0.0541 e. The van der Waals surface area contributed by atoms with Crippen LogP contribution in [0.2, 0.25) is 0 Å². The average molecular weight is 236 g/mol. The normalized spacial score (nSPS) is 11.8. The zero-order valence-corrected chi connectivity index (χ0v) is 11.2. The summed E-state index contributed by atoms with van der Waals surface area (Å²) in [4.78, 5) is 4.34. The lowest BCUT2D eigenvalue weighted by Gasteiger charge is -2.21. The molecule has 1 heterocycles. The summed E-state index contributed by atoms with van der Waals surface area (Å²) in [7, 11) is 0. The minimum absolute atomic E-state index is 0.0454. The van der Waals surface area contributed by atoms with Crippen molar-refractivity contribution in [2.24, 2.45) is 5.41 Å². The highest BCUT2D eigenvalue weighted by atomic mass is 16.3. The zero-order valence-electron chi connectivity index (χ0n) is 11.2. The summed E-state index contributed by atoms with van der Waals surface area (Å²) in [6.45, 7) is 8.27. The topological polar surface area (TPSA) is 45.1 Å². The number of hydrogen-bond acceptors (Lipinski definition) is 3. The summed E-state index contributed by atoms with van der Waals surface area (Å²) in [6.07, 6.45) is 4.02. The van der Waals surface area contributed by atoms with Crippen molar-refractivity contribution < 1.29 is 5.11 Å². The van der Waals surface area contributed by atoms with E-state index in [4.69, 9.17) is 5.11 Å². The van der Waals surface area contributed by atoms with E-state index in [0.717, 1.165) is 31.6 Å². The van der Waals surface area contributed by atoms with Gasteiger partial charge >= 0.3 is 0 Å². The molecule has 0 aliphatic rings. The molecule has 1 aromatic rings. The van der Waals surface area contributed by atoms with Gasteiger partial charge in [0.15, 0.2) is 0 Å². The van der Waals surface area contributed by atoms with Crippen LogP contribution in [0.25, 0.3) is 0 Å². The number of aliphatic hydroxyl groups excluding tert-OH is 1. The highest BCUT2D eigenvalue weighted by Gasteiger charge is 2.14. The second-order valence-electron chi connectivity index (χ2n) is 5.43. The molecule has 0 spiro atoms. The van der Waals surface area contributed by atoms with Crippen molar-refractivity contribution in [3.63, 3.8) is 0 Å². The Morgan fingerprint density at radius 2 is 2.12 bits per heavy atom. The Morgan fingerprint density at radius 1 is 1.35 bits per heavy atom. The van der Waals surface area contributed by atoms with Crippen molar-refractivity contribution in [1.29, 1.82) is 0 Å². The van der Waals surface area contributed by atoms with Gasteiger partial charge in [0.05, 0.1) is 5.69 Å². The molecule has 0 saturated carbocycles. The van der Waals surface area contributed by atoms with Gasteiger partial charge in [-0.2, -0.15) is 0 Å². The van der Waals surface area contributed by atoms with Gasteiger partial charge in [0.25, 0.3) is 0 Å². The largest absolute Gasteiger partial charge is 0.396 e. The van der Waals surface area contributed by atoms with Crippen molar-refractivity contribution in [1.82, 2.24) is 10.3 Å². The summed E-state index contributed by atoms with van der Waals surface area (Å²) in [6, 6.07) is 4.14. The highest BCUT2D eigenvalue weighted by Crippen LogP contribution is 2.20. The maximum atomic E-state index is 9.12. The van der Waals surface area contributed by atoms with Crippen molar-refractivity contribution in [2.75, 3.05) is 13.2 Å². The second kappa shape index (κ2) is 6.72. The molecule has 1 aromatic heterocycles. The van der Waals surface area contributed by atoms with Gasteiger partial charge in [-0.05, 0) is 43.4 Å². The molecule has 0 saturated heterocycles. The van der Waals surface area contributed by atoms with Crippen LogP contribution in [0.4, 0.5) is 0 Å². The first-order valence-corrected chi connectivity index (χ1v) is 6.27. The summed E-state index contributed by atoms with van der Waals surface area (Å²) in [5.74, 6) is 0. The van der Waals surface area contributed by atoms with Crippen LogP contribution in [-0.2, 0) is 6.54 Å². The first kappa shape index (κ1) is 14.1. The standard InChI is InChI=1S/C14H24N2O/c1-12-5-6-13(16-9-12)10-15-8-4-7-14(2,3)11-17/h5-6,9,15,17H,4,7-8,10-11H2,1-3H3. The van der Waals surface area contributed by atoms with Gasteiger partial charge in [-0.1, -0.05) is 19.9 Å². The molecule has 17 heavy (non-hydrogen) atoms. The van der Waals surface area contributed by atoms with Crippen LogP contribution in [0.1, 0.15) is 37.9 Å². The van der Waals surface area contributed by atoms with Crippen LogP contribution >= 0.6 is 0 Å². The van der Waals surface area contributed by atoms with Crippen molar-refractivity contribution in [2.45, 2.75) is 40.2 Å². The molecule has 0 amide bonds. The summed E-state index contributed by atoms with van der Waals surface area (Å²) in [5.41, 5.74) is 2.32. The molecule has 2 N–H and O–H groups in total. The molecule has 0 aromatic carbocycles. The van der Waals surface area contributed by atoms with Gasteiger partial charge in [-0.3, -0.25) is 4.98 Å². The second-order valence-corrected chi connectivity index (χ2v) is 5.43. The first-order valence-electron chi connectivity index (χ1n) is 6.27. The molecule has 0 unspecified atom stereocenters. The molecule has 0 aliphatic carbocycles. The molecule has 96 valence electrons. The SMILES string of the molecule is Cc1ccc(CNCCCC(C)(C)CO)nc1. The third-order valence-electron chi connectivity index (χ3n) is 2.91. The van der Waals surface area contributed by atoms with Gasteiger partial charge < -0.3 is 10.4 Å².